The van der Waals surface area contributed by atoms with Crippen molar-refractivity contribution in [3.05, 3.63) is 115 Å². The van der Waals surface area contributed by atoms with Crippen molar-refractivity contribution in [1.29, 1.82) is 0 Å². The van der Waals surface area contributed by atoms with Crippen molar-refractivity contribution in [3.63, 3.8) is 0 Å². The van der Waals surface area contributed by atoms with Crippen LogP contribution in [-0.2, 0) is 0 Å². The van der Waals surface area contributed by atoms with Gasteiger partial charge in [0.2, 0.25) is 0 Å². The fraction of sp³-hybridized carbons (Fsp3) is 0.308. The fourth-order valence-electron chi connectivity index (χ4n) is 5.31. The average Bonchev–Trinajstić information content (AvgIpc) is 3.89. The van der Waals surface area contributed by atoms with Gasteiger partial charge >= 0.3 is 0 Å². The number of fused-ring (bicyclic) bond motifs is 4. The largest absolute Gasteiger partial charge is 0.342 e. The summed E-state index contributed by atoms with van der Waals surface area (Å²) in [4.78, 5) is 12.0. The lowest BCUT2D eigenvalue weighted by Crippen LogP contribution is -2.02. The second-order valence-corrected chi connectivity index (χ2v) is 12.9. The van der Waals surface area contributed by atoms with E-state index >= 15 is 0 Å². The highest BCUT2D eigenvalue weighted by atomic mass is 15.4. The quantitative estimate of drug-likeness (QED) is 0.206. The Balaban J connectivity index is 0.000000125. The van der Waals surface area contributed by atoms with Crippen LogP contribution in [-0.4, -0.2) is 44.3 Å². The fourth-order valence-corrected chi connectivity index (χ4v) is 5.31. The standard InChI is InChI=1S/3C10H12N2.C9H11N3/c1-8(2)12-7-11-9-5-3-4-6-10(9)12;1-8(2)12-10-6-4-3-5-9(10)7-11-12;1-7(2)10-11-8-5-3-4-6-9(8)12-10;1-7(2)12-9-6-4-3-5-8(9)10-11-12/h2*3-8H,1-2H3;3-7H,1-2H3,(H,11,12);3-7H,1-2H3. The highest BCUT2D eigenvalue weighted by Gasteiger charge is 2.06. The molecule has 0 aliphatic carbocycles. The van der Waals surface area contributed by atoms with Crippen molar-refractivity contribution in [1.82, 2.24) is 44.3 Å². The van der Waals surface area contributed by atoms with Crippen LogP contribution in [0.3, 0.4) is 0 Å². The van der Waals surface area contributed by atoms with Crippen LogP contribution in [0.1, 0.15) is 85.3 Å². The van der Waals surface area contributed by atoms with Crippen LogP contribution in [0.5, 0.6) is 0 Å². The van der Waals surface area contributed by atoms with Crippen molar-refractivity contribution < 1.29 is 0 Å². The van der Waals surface area contributed by atoms with E-state index in [2.05, 4.69) is 109 Å². The number of benzene rings is 4. The molecule has 0 saturated heterocycles. The van der Waals surface area contributed by atoms with E-state index in [0.717, 1.165) is 33.4 Å². The zero-order valence-electron chi connectivity index (χ0n) is 29.3. The van der Waals surface area contributed by atoms with Gasteiger partial charge in [-0.1, -0.05) is 73.7 Å². The number of hydrogen-bond donors (Lipinski definition) is 1. The minimum atomic E-state index is 0.373. The van der Waals surface area contributed by atoms with E-state index in [0.29, 0.717) is 24.0 Å². The number of aromatic nitrogens is 9. The van der Waals surface area contributed by atoms with Gasteiger partial charge in [0.15, 0.2) is 0 Å². The molecule has 1 N–H and O–H groups in total. The number of nitrogens with one attached hydrogen (secondary N) is 1. The SMILES string of the molecule is CC(C)c1nc2ccccc2[nH]1.CC(C)n1cnc2ccccc21.CC(C)n1ncc2ccccc21.CC(C)n1nnc2ccccc21. The number of imidazole rings is 2. The van der Waals surface area contributed by atoms with Gasteiger partial charge in [0, 0.05) is 29.4 Å². The van der Waals surface area contributed by atoms with Gasteiger partial charge in [0.05, 0.1) is 45.6 Å². The Morgan fingerprint density at radius 2 is 1.15 bits per heavy atom. The molecule has 0 saturated carbocycles. The Bertz CT molecular complexity index is 1940. The highest BCUT2D eigenvalue weighted by molar-refractivity contribution is 5.78. The molecule has 0 aliphatic heterocycles. The van der Waals surface area contributed by atoms with E-state index in [-0.39, 0.29) is 0 Å². The van der Waals surface area contributed by atoms with E-state index in [9.17, 15) is 0 Å². The Kier molecular flexibility index (Phi) is 11.0. The van der Waals surface area contributed by atoms with Gasteiger partial charge in [-0.3, -0.25) is 4.68 Å². The summed E-state index contributed by atoms with van der Waals surface area (Å²) in [6.45, 7) is 17.1. The summed E-state index contributed by atoms with van der Waals surface area (Å²) in [5.41, 5.74) is 7.76. The molecule has 9 heteroatoms. The third-order valence-electron chi connectivity index (χ3n) is 7.85. The number of nitrogens with zero attached hydrogens (tertiary/aromatic N) is 8. The van der Waals surface area contributed by atoms with Crippen molar-refractivity contribution in [3.8, 4) is 0 Å². The number of H-pyrrole nitrogens is 1. The summed E-state index contributed by atoms with van der Waals surface area (Å²) in [5.74, 6) is 1.54. The third-order valence-corrected chi connectivity index (χ3v) is 7.85. The minimum absolute atomic E-state index is 0.373. The molecule has 0 fully saturated rings. The second-order valence-electron chi connectivity index (χ2n) is 12.9. The van der Waals surface area contributed by atoms with Crippen LogP contribution in [0, 0.1) is 0 Å². The van der Waals surface area contributed by atoms with Gasteiger partial charge in [-0.25, -0.2) is 14.6 Å². The van der Waals surface area contributed by atoms with Crippen LogP contribution in [0.25, 0.3) is 44.0 Å². The summed E-state index contributed by atoms with van der Waals surface area (Å²) in [6.07, 6.45) is 3.81. The summed E-state index contributed by atoms with van der Waals surface area (Å²) in [5, 5.41) is 13.6. The van der Waals surface area contributed by atoms with Crippen LogP contribution in [0.4, 0.5) is 0 Å². The van der Waals surface area contributed by atoms with Gasteiger partial charge in [0.25, 0.3) is 0 Å². The first-order valence-electron chi connectivity index (χ1n) is 16.7. The summed E-state index contributed by atoms with van der Waals surface area (Å²) in [7, 11) is 0. The van der Waals surface area contributed by atoms with Crippen LogP contribution in [0.15, 0.2) is 110 Å². The molecule has 0 spiro atoms. The number of para-hydroxylation sites is 6. The Hall–Kier alpha value is -5.31. The molecule has 4 aromatic heterocycles. The smallest absolute Gasteiger partial charge is 0.113 e. The lowest BCUT2D eigenvalue weighted by Gasteiger charge is -2.06. The molecule has 9 nitrogen and oxygen atoms in total. The van der Waals surface area contributed by atoms with Crippen molar-refractivity contribution in [2.24, 2.45) is 0 Å². The molecule has 8 rings (SSSR count). The van der Waals surface area contributed by atoms with Gasteiger partial charge < -0.3 is 9.55 Å². The molecule has 0 amide bonds. The molecule has 0 radical (unpaired) electrons. The van der Waals surface area contributed by atoms with E-state index in [1.807, 2.05) is 101 Å². The highest BCUT2D eigenvalue weighted by Crippen LogP contribution is 2.18. The molecule has 0 aliphatic rings. The van der Waals surface area contributed by atoms with E-state index in [4.69, 9.17) is 0 Å². The van der Waals surface area contributed by atoms with Crippen LogP contribution in [0.2, 0.25) is 0 Å². The maximum absolute atomic E-state index is 4.46. The number of aromatic amines is 1. The third kappa shape index (κ3) is 7.97. The Morgan fingerprint density at radius 3 is 1.79 bits per heavy atom. The molecule has 0 atom stereocenters. The topological polar surface area (TPSA) is 95.0 Å². The average molecular weight is 642 g/mol. The summed E-state index contributed by atoms with van der Waals surface area (Å²) < 4.78 is 6.14. The van der Waals surface area contributed by atoms with Crippen LogP contribution < -0.4 is 0 Å². The first-order chi connectivity index (χ1) is 23.1. The molecule has 248 valence electrons. The van der Waals surface area contributed by atoms with Gasteiger partial charge in [0.1, 0.15) is 11.3 Å². The van der Waals surface area contributed by atoms with Gasteiger partial charge in [-0.15, -0.1) is 5.10 Å². The van der Waals surface area contributed by atoms with Crippen molar-refractivity contribution >= 4 is 44.0 Å². The van der Waals surface area contributed by atoms with E-state index in [1.165, 1.54) is 16.4 Å². The predicted octanol–water partition coefficient (Wildman–Crippen LogP) is 9.93. The number of rotatable bonds is 4. The zero-order chi connectivity index (χ0) is 34.2. The maximum Gasteiger partial charge on any atom is 0.113 e. The molecule has 0 bridgehead atoms. The molecule has 4 heterocycles. The normalized spacial score (nSPS) is 11.2. The summed E-state index contributed by atoms with van der Waals surface area (Å²) in [6, 6.07) is 33.8. The molecule has 4 aromatic carbocycles. The first-order valence-corrected chi connectivity index (χ1v) is 16.7. The molecule has 48 heavy (non-hydrogen) atoms. The van der Waals surface area contributed by atoms with Gasteiger partial charge in [-0.05, 0) is 84.0 Å². The first kappa shape index (κ1) is 34.0. The molecular weight excluding hydrogens is 594 g/mol. The second kappa shape index (κ2) is 15.5. The predicted molar refractivity (Wildman–Crippen MR) is 198 cm³/mol. The lowest BCUT2D eigenvalue weighted by atomic mass is 10.2. The summed E-state index contributed by atoms with van der Waals surface area (Å²) >= 11 is 0. The zero-order valence-corrected chi connectivity index (χ0v) is 29.3. The Labute approximate surface area is 282 Å². The van der Waals surface area contributed by atoms with Crippen molar-refractivity contribution in [2.75, 3.05) is 0 Å². The minimum Gasteiger partial charge on any atom is -0.342 e. The molecule has 8 aromatic rings. The monoisotopic (exact) mass is 641 g/mol. The van der Waals surface area contributed by atoms with E-state index < -0.39 is 0 Å². The van der Waals surface area contributed by atoms with Gasteiger partial charge in [-0.2, -0.15) is 5.10 Å². The molecular formula is C39H47N9. The van der Waals surface area contributed by atoms with Crippen molar-refractivity contribution in [2.45, 2.75) is 79.4 Å². The Morgan fingerprint density at radius 1 is 0.562 bits per heavy atom. The number of hydrogen-bond acceptors (Lipinski definition) is 5. The molecule has 0 unspecified atom stereocenters. The lowest BCUT2D eigenvalue weighted by molar-refractivity contribution is 0.530. The maximum atomic E-state index is 4.46. The van der Waals surface area contributed by atoms with Crippen LogP contribution >= 0.6 is 0 Å². The van der Waals surface area contributed by atoms with E-state index in [1.54, 1.807) is 0 Å².